The molecule has 0 unspecified atom stereocenters. The first-order chi connectivity index (χ1) is 25.0. The Morgan fingerprint density at radius 1 is 0.750 bits per heavy atom. The minimum atomic E-state index is -1.26. The fraction of sp³-hybridized carbons (Fsp3) is 0.297. The van der Waals surface area contributed by atoms with Crippen LogP contribution >= 0.6 is 0 Å². The van der Waals surface area contributed by atoms with E-state index in [4.69, 9.17) is 30.9 Å². The molecule has 4 aromatic rings. The van der Waals surface area contributed by atoms with Gasteiger partial charge in [0.25, 0.3) is 0 Å². The Balaban J connectivity index is 0.000000317. The van der Waals surface area contributed by atoms with Gasteiger partial charge in [0.05, 0.1) is 12.0 Å². The van der Waals surface area contributed by atoms with Crippen LogP contribution in [0.3, 0.4) is 0 Å². The normalized spacial score (nSPS) is 18.7. The second-order valence-corrected chi connectivity index (χ2v) is 12.0. The summed E-state index contributed by atoms with van der Waals surface area (Å²) in [6, 6.07) is 19.2. The number of hydrogen-bond acceptors (Lipinski definition) is 10. The van der Waals surface area contributed by atoms with Crippen LogP contribution in [0.2, 0.25) is 0 Å². The van der Waals surface area contributed by atoms with E-state index in [9.17, 15) is 24.3 Å². The summed E-state index contributed by atoms with van der Waals surface area (Å²) >= 11 is 0. The molecule has 0 amide bonds. The molecule has 0 bridgehead atoms. The van der Waals surface area contributed by atoms with E-state index >= 15 is 0 Å². The Morgan fingerprint density at radius 2 is 1.29 bits per heavy atom. The van der Waals surface area contributed by atoms with Gasteiger partial charge in [0, 0.05) is 54.2 Å². The van der Waals surface area contributed by atoms with Gasteiger partial charge < -0.3 is 40.6 Å². The number of fused-ring (bicyclic) bond motifs is 1. The first-order valence-electron chi connectivity index (χ1n) is 16.6. The van der Waals surface area contributed by atoms with Gasteiger partial charge in [-0.3, -0.25) is 4.90 Å². The molecule has 2 aromatic carbocycles. The summed E-state index contributed by atoms with van der Waals surface area (Å²) in [5, 5.41) is 41.9. The number of carboxylic acids is 4. The van der Waals surface area contributed by atoms with Crippen LogP contribution in [0, 0.1) is 0 Å². The topological polar surface area (TPSA) is 239 Å². The van der Waals surface area contributed by atoms with Gasteiger partial charge in [-0.15, -0.1) is 0 Å². The van der Waals surface area contributed by atoms with E-state index in [1.807, 2.05) is 42.5 Å². The maximum Gasteiger partial charge on any atom is 0.328 e. The average molecular weight is 716 g/mol. The third-order valence-corrected chi connectivity index (χ3v) is 8.68. The van der Waals surface area contributed by atoms with Gasteiger partial charge in [-0.05, 0) is 74.9 Å². The lowest BCUT2D eigenvalue weighted by Gasteiger charge is -2.38. The highest BCUT2D eigenvalue weighted by atomic mass is 16.5. The maximum atomic E-state index is 9.76. The van der Waals surface area contributed by atoms with Gasteiger partial charge in [0.1, 0.15) is 29.3 Å². The molecule has 7 N–H and O–H groups in total. The zero-order valence-corrected chi connectivity index (χ0v) is 28.2. The molecule has 274 valence electrons. The van der Waals surface area contributed by atoms with E-state index in [1.165, 1.54) is 6.42 Å². The number of carbonyl (C=O) groups is 4. The molecule has 3 heterocycles. The molecule has 0 spiro atoms. The smallest absolute Gasteiger partial charge is 0.328 e. The van der Waals surface area contributed by atoms with E-state index in [-0.39, 0.29) is 6.61 Å². The third kappa shape index (κ3) is 11.0. The molecule has 1 atom stereocenters. The summed E-state index contributed by atoms with van der Waals surface area (Å²) in [4.78, 5) is 49.7. The Bertz CT molecular complexity index is 1820. The summed E-state index contributed by atoms with van der Waals surface area (Å²) < 4.78 is 8.29. The first-order valence-corrected chi connectivity index (χ1v) is 16.6. The van der Waals surface area contributed by atoms with Crippen molar-refractivity contribution in [1.82, 2.24) is 19.4 Å². The zero-order chi connectivity index (χ0) is 37.6. The maximum absolute atomic E-state index is 9.76. The van der Waals surface area contributed by atoms with Crippen LogP contribution in [-0.4, -0.2) is 94.1 Å². The number of aliphatic carboxylic acids is 4. The lowest BCUT2D eigenvalue weighted by Crippen LogP contribution is -2.42. The molecule has 2 aromatic heterocycles. The predicted octanol–water partition coefficient (Wildman–Crippen LogP) is 4.84. The zero-order valence-electron chi connectivity index (χ0n) is 28.2. The molecular weight excluding hydrogens is 674 g/mol. The Morgan fingerprint density at radius 3 is 1.83 bits per heavy atom. The molecule has 2 fully saturated rings. The van der Waals surface area contributed by atoms with Gasteiger partial charge in [-0.2, -0.15) is 0 Å². The molecule has 15 nitrogen and oxygen atoms in total. The van der Waals surface area contributed by atoms with Crippen LogP contribution in [0.1, 0.15) is 44.6 Å². The molecule has 0 radical (unpaired) electrons. The highest BCUT2D eigenvalue weighted by Gasteiger charge is 2.34. The van der Waals surface area contributed by atoms with Crippen molar-refractivity contribution in [3.63, 3.8) is 0 Å². The first kappa shape index (κ1) is 38.7. The van der Waals surface area contributed by atoms with Crippen LogP contribution in [0.25, 0.3) is 22.2 Å². The molecule has 52 heavy (non-hydrogen) atoms. The number of nitrogens with zero attached hydrogens (tertiary/aromatic N) is 4. The highest BCUT2D eigenvalue weighted by molar-refractivity contribution is 6.00. The number of nitrogen functional groups attached to an aromatic ring is 1. The third-order valence-electron chi connectivity index (χ3n) is 8.68. The SMILES string of the molecule is Nc1ncnc2c1c(-c1ccc(Oc3ccccc3)cc1)cn2C1CCC(N2CCC[C@H]2CO)CC1.O=C(O)/C=C\C(=O)O.O=C(O)/C=C\C(=O)O. The van der Waals surface area contributed by atoms with Gasteiger partial charge in [0.15, 0.2) is 0 Å². The number of nitrogens with two attached hydrogens (primary N) is 1. The van der Waals surface area contributed by atoms with E-state index in [2.05, 4.69) is 37.8 Å². The van der Waals surface area contributed by atoms with Gasteiger partial charge in [0.2, 0.25) is 0 Å². The number of ether oxygens (including phenoxy) is 1. The standard InChI is InChI=1S/C29H33N5O2.2C4H4O4/c30-28-27-26(20-8-14-25(15-9-20)36-24-6-2-1-3-7-24)17-34(29(27)32-19-31-28)22-12-10-21(11-13-22)33-16-4-5-23(33)18-35;2*5-3(6)1-2-4(7)8/h1-3,6-9,14-15,17,19,21-23,35H,4-5,10-13,16,18H2,(H2,30,31,32);2*1-2H,(H,5,6)(H,7,8)/b;2*2-1-/t21?,22?,23-;;/m0../s1. The average Bonchev–Trinajstić information content (AvgIpc) is 3.78. The number of anilines is 1. The van der Waals surface area contributed by atoms with Crippen LogP contribution in [0.4, 0.5) is 5.82 Å². The summed E-state index contributed by atoms with van der Waals surface area (Å²) in [7, 11) is 0. The monoisotopic (exact) mass is 715 g/mol. The molecule has 1 aliphatic heterocycles. The van der Waals surface area contributed by atoms with Gasteiger partial charge >= 0.3 is 23.9 Å². The number of benzene rings is 2. The van der Waals surface area contributed by atoms with Gasteiger partial charge in [-0.25, -0.2) is 29.1 Å². The molecule has 1 saturated carbocycles. The molecule has 6 rings (SSSR count). The largest absolute Gasteiger partial charge is 0.478 e. The molecule has 1 saturated heterocycles. The minimum Gasteiger partial charge on any atom is -0.478 e. The Kier molecular flexibility index (Phi) is 14.0. The second kappa shape index (κ2) is 18.8. The summed E-state index contributed by atoms with van der Waals surface area (Å²) in [5.41, 5.74) is 9.41. The van der Waals surface area contributed by atoms with Crippen LogP contribution < -0.4 is 10.5 Å². The number of rotatable bonds is 10. The summed E-state index contributed by atoms with van der Waals surface area (Å²) in [6.07, 6.45) is 12.8. The van der Waals surface area contributed by atoms with Crippen LogP contribution in [0.15, 0.2) is 91.4 Å². The summed E-state index contributed by atoms with van der Waals surface area (Å²) in [6.45, 7) is 1.39. The van der Waals surface area contributed by atoms with Crippen molar-refractivity contribution in [1.29, 1.82) is 0 Å². The number of likely N-dealkylation sites (tertiary alicyclic amines) is 1. The van der Waals surface area contributed by atoms with E-state index < -0.39 is 23.9 Å². The van der Waals surface area contributed by atoms with Crippen molar-refractivity contribution in [2.75, 3.05) is 18.9 Å². The molecule has 15 heteroatoms. The lowest BCUT2D eigenvalue weighted by atomic mass is 9.89. The van der Waals surface area contributed by atoms with Gasteiger partial charge in [-0.1, -0.05) is 30.3 Å². The second-order valence-electron chi connectivity index (χ2n) is 12.0. The van der Waals surface area contributed by atoms with Crippen molar-refractivity contribution >= 4 is 40.7 Å². The van der Waals surface area contributed by atoms with Crippen molar-refractivity contribution in [2.45, 2.75) is 56.7 Å². The summed E-state index contributed by atoms with van der Waals surface area (Å²) in [5.74, 6) is -2.91. The lowest BCUT2D eigenvalue weighted by molar-refractivity contribution is -0.134. The fourth-order valence-corrected chi connectivity index (χ4v) is 6.42. The van der Waals surface area contributed by atoms with Crippen molar-refractivity contribution in [3.05, 3.63) is 91.4 Å². The van der Waals surface area contributed by atoms with Crippen LogP contribution in [0.5, 0.6) is 11.5 Å². The Hall–Kier alpha value is -6.06. The number of aliphatic hydroxyl groups is 1. The van der Waals surface area contributed by atoms with E-state index in [0.717, 1.165) is 72.3 Å². The predicted molar refractivity (Wildman–Crippen MR) is 191 cm³/mol. The fourth-order valence-electron chi connectivity index (χ4n) is 6.42. The van der Waals surface area contributed by atoms with Crippen LogP contribution in [-0.2, 0) is 19.2 Å². The molecule has 2 aliphatic rings. The highest BCUT2D eigenvalue weighted by Crippen LogP contribution is 2.40. The number of hydrogen-bond donors (Lipinski definition) is 6. The number of para-hydroxylation sites is 1. The Labute approximate surface area is 298 Å². The number of aliphatic hydroxyl groups excluding tert-OH is 1. The van der Waals surface area contributed by atoms with Crippen molar-refractivity contribution in [2.24, 2.45) is 0 Å². The van der Waals surface area contributed by atoms with E-state index in [1.54, 1.807) is 6.33 Å². The minimum absolute atomic E-state index is 0.275. The molecule has 1 aliphatic carbocycles. The number of aromatic nitrogens is 3. The van der Waals surface area contributed by atoms with Crippen molar-refractivity contribution < 1.29 is 49.4 Å². The number of carboxylic acid groups (broad SMARTS) is 4. The van der Waals surface area contributed by atoms with Crippen molar-refractivity contribution in [3.8, 4) is 22.6 Å². The quantitative estimate of drug-likeness (QED) is 0.121. The van der Waals surface area contributed by atoms with E-state index in [0.29, 0.717) is 48.2 Å². The molecular formula is C37H41N5O10.